The van der Waals surface area contributed by atoms with E-state index in [1.54, 1.807) is 11.3 Å². The van der Waals surface area contributed by atoms with E-state index >= 15 is 0 Å². The normalized spacial score (nSPS) is 11.2. The molecule has 1 heterocycles. The molecule has 1 aromatic heterocycles. The molecule has 0 aliphatic heterocycles. The second-order valence-corrected chi connectivity index (χ2v) is 4.50. The van der Waals surface area contributed by atoms with Crippen molar-refractivity contribution in [2.24, 2.45) is 5.73 Å². The third-order valence-electron chi connectivity index (χ3n) is 2.26. The number of rotatable bonds is 6. The minimum absolute atomic E-state index is 0. The number of thiophene rings is 1. The molecule has 1 atom stereocenters. The second kappa shape index (κ2) is 8.91. The van der Waals surface area contributed by atoms with Gasteiger partial charge in [-0.25, -0.2) is 0 Å². The Labute approximate surface area is 117 Å². The van der Waals surface area contributed by atoms with E-state index in [0.29, 0.717) is 0 Å². The summed E-state index contributed by atoms with van der Waals surface area (Å²) in [6.45, 7) is 1.87. The number of halogens is 1. The van der Waals surface area contributed by atoms with E-state index < -0.39 is 0 Å². The minimum atomic E-state index is -0.329. The van der Waals surface area contributed by atoms with Crippen molar-refractivity contribution in [3.8, 4) is 0 Å². The third-order valence-corrected chi connectivity index (χ3v) is 3.25. The lowest BCUT2D eigenvalue weighted by atomic mass is 10.2. The fourth-order valence-electron chi connectivity index (χ4n) is 1.36. The summed E-state index contributed by atoms with van der Waals surface area (Å²) in [6, 6.07) is 3.94. The zero-order chi connectivity index (χ0) is 12.7. The minimum Gasteiger partial charge on any atom is -0.347 e. The van der Waals surface area contributed by atoms with Crippen molar-refractivity contribution in [3.63, 3.8) is 0 Å². The average Bonchev–Trinajstić information content (AvgIpc) is 2.86. The summed E-state index contributed by atoms with van der Waals surface area (Å²) in [7, 11) is 0. The molecule has 0 aliphatic carbocycles. The van der Waals surface area contributed by atoms with Gasteiger partial charge in [0, 0.05) is 4.88 Å². The lowest BCUT2D eigenvalue weighted by Gasteiger charge is -2.15. The fraction of sp³-hybridized carbons (Fsp3) is 0.455. The number of amides is 2. The van der Waals surface area contributed by atoms with Crippen molar-refractivity contribution in [2.45, 2.75) is 19.4 Å². The van der Waals surface area contributed by atoms with Crippen LogP contribution in [0.2, 0.25) is 0 Å². The van der Waals surface area contributed by atoms with Gasteiger partial charge in [0.05, 0.1) is 19.1 Å². The van der Waals surface area contributed by atoms with Crippen molar-refractivity contribution in [1.82, 2.24) is 10.6 Å². The first-order valence-electron chi connectivity index (χ1n) is 5.47. The van der Waals surface area contributed by atoms with Crippen LogP contribution in [0.4, 0.5) is 0 Å². The number of carbonyl (C=O) groups excluding carboxylic acids is 2. The molecule has 0 bridgehead atoms. The molecule has 102 valence electrons. The third kappa shape index (κ3) is 5.48. The van der Waals surface area contributed by atoms with E-state index in [2.05, 4.69) is 10.6 Å². The van der Waals surface area contributed by atoms with Gasteiger partial charge in [0.1, 0.15) is 0 Å². The molecular weight excluding hydrogens is 274 g/mol. The number of carbonyl (C=O) groups is 2. The van der Waals surface area contributed by atoms with Gasteiger partial charge in [-0.15, -0.1) is 23.7 Å². The molecule has 0 fully saturated rings. The Kier molecular flexibility index (Phi) is 8.36. The maximum Gasteiger partial charge on any atom is 0.239 e. The first-order valence-corrected chi connectivity index (χ1v) is 6.34. The van der Waals surface area contributed by atoms with Crippen LogP contribution in [0, 0.1) is 0 Å². The topological polar surface area (TPSA) is 84.2 Å². The van der Waals surface area contributed by atoms with Gasteiger partial charge in [0.15, 0.2) is 0 Å². The van der Waals surface area contributed by atoms with Gasteiger partial charge in [-0.3, -0.25) is 9.59 Å². The molecule has 0 aliphatic rings. The summed E-state index contributed by atoms with van der Waals surface area (Å²) in [5.74, 6) is -0.531. The second-order valence-electron chi connectivity index (χ2n) is 3.52. The molecule has 1 unspecified atom stereocenters. The van der Waals surface area contributed by atoms with Crippen molar-refractivity contribution >= 4 is 35.6 Å². The highest BCUT2D eigenvalue weighted by Gasteiger charge is 2.13. The summed E-state index contributed by atoms with van der Waals surface area (Å²) in [5, 5.41) is 7.27. The van der Waals surface area contributed by atoms with Gasteiger partial charge in [0.25, 0.3) is 0 Å². The van der Waals surface area contributed by atoms with Crippen LogP contribution in [-0.2, 0) is 9.59 Å². The quantitative estimate of drug-likeness (QED) is 0.725. The monoisotopic (exact) mass is 291 g/mol. The molecule has 7 heteroatoms. The van der Waals surface area contributed by atoms with Gasteiger partial charge in [0.2, 0.25) is 11.8 Å². The van der Waals surface area contributed by atoms with E-state index in [-0.39, 0.29) is 43.4 Å². The van der Waals surface area contributed by atoms with Crippen LogP contribution < -0.4 is 16.4 Å². The van der Waals surface area contributed by atoms with E-state index in [4.69, 9.17) is 5.73 Å². The Morgan fingerprint density at radius 1 is 1.44 bits per heavy atom. The number of hydrogen-bond donors (Lipinski definition) is 3. The molecule has 2 amide bonds. The van der Waals surface area contributed by atoms with Gasteiger partial charge in [-0.05, 0) is 17.9 Å². The SMILES string of the molecule is CCC(NC(=O)CNC(=O)CN)c1cccs1.Cl. The summed E-state index contributed by atoms with van der Waals surface area (Å²) < 4.78 is 0. The van der Waals surface area contributed by atoms with Crippen molar-refractivity contribution in [2.75, 3.05) is 13.1 Å². The summed E-state index contributed by atoms with van der Waals surface area (Å²) in [4.78, 5) is 23.6. The Morgan fingerprint density at radius 3 is 2.67 bits per heavy atom. The first kappa shape index (κ1) is 16.9. The van der Waals surface area contributed by atoms with Crippen LogP contribution in [0.1, 0.15) is 24.3 Å². The Bertz CT molecular complexity index is 370. The van der Waals surface area contributed by atoms with Crippen LogP contribution in [0.5, 0.6) is 0 Å². The molecule has 1 rings (SSSR count). The molecule has 0 radical (unpaired) electrons. The predicted molar refractivity (Wildman–Crippen MR) is 74.8 cm³/mol. The van der Waals surface area contributed by atoms with Crippen LogP contribution in [0.25, 0.3) is 0 Å². The zero-order valence-electron chi connectivity index (χ0n) is 10.1. The van der Waals surface area contributed by atoms with E-state index in [1.165, 1.54) is 0 Å². The van der Waals surface area contributed by atoms with E-state index in [1.807, 2.05) is 24.4 Å². The van der Waals surface area contributed by atoms with Crippen molar-refractivity contribution < 1.29 is 9.59 Å². The largest absolute Gasteiger partial charge is 0.347 e. The highest BCUT2D eigenvalue weighted by Crippen LogP contribution is 2.21. The van der Waals surface area contributed by atoms with Gasteiger partial charge < -0.3 is 16.4 Å². The maximum atomic E-state index is 11.6. The van der Waals surface area contributed by atoms with E-state index in [9.17, 15) is 9.59 Å². The molecule has 0 saturated carbocycles. The van der Waals surface area contributed by atoms with Crippen molar-refractivity contribution in [1.29, 1.82) is 0 Å². The smallest absolute Gasteiger partial charge is 0.239 e. The molecule has 0 spiro atoms. The van der Waals surface area contributed by atoms with E-state index in [0.717, 1.165) is 11.3 Å². The highest BCUT2D eigenvalue weighted by atomic mass is 35.5. The fourth-order valence-corrected chi connectivity index (χ4v) is 2.22. The predicted octanol–water partition coefficient (Wildman–Crippen LogP) is 0.812. The highest BCUT2D eigenvalue weighted by molar-refractivity contribution is 7.10. The number of nitrogens with one attached hydrogen (secondary N) is 2. The Balaban J connectivity index is 0.00000289. The first-order chi connectivity index (χ1) is 8.17. The molecule has 1 aromatic rings. The van der Waals surface area contributed by atoms with Crippen LogP contribution >= 0.6 is 23.7 Å². The summed E-state index contributed by atoms with van der Waals surface area (Å²) in [6.07, 6.45) is 0.817. The van der Waals surface area contributed by atoms with Gasteiger partial charge in [-0.1, -0.05) is 13.0 Å². The number of hydrogen-bond acceptors (Lipinski definition) is 4. The maximum absolute atomic E-state index is 11.6. The molecular formula is C11H18ClN3O2S. The molecule has 4 N–H and O–H groups in total. The van der Waals surface area contributed by atoms with Gasteiger partial charge >= 0.3 is 0 Å². The lowest BCUT2D eigenvalue weighted by Crippen LogP contribution is -2.40. The molecule has 5 nitrogen and oxygen atoms in total. The van der Waals surface area contributed by atoms with Crippen LogP contribution in [-0.4, -0.2) is 24.9 Å². The lowest BCUT2D eigenvalue weighted by molar-refractivity contribution is -0.125. The van der Waals surface area contributed by atoms with Crippen LogP contribution in [0.15, 0.2) is 17.5 Å². The summed E-state index contributed by atoms with van der Waals surface area (Å²) >= 11 is 1.60. The van der Waals surface area contributed by atoms with Crippen LogP contribution in [0.3, 0.4) is 0 Å². The number of nitrogens with two attached hydrogens (primary N) is 1. The molecule has 0 saturated heterocycles. The summed E-state index contributed by atoms with van der Waals surface area (Å²) in [5.41, 5.74) is 5.12. The molecule has 18 heavy (non-hydrogen) atoms. The zero-order valence-corrected chi connectivity index (χ0v) is 11.8. The standard InChI is InChI=1S/C11H17N3O2S.ClH/c1-2-8(9-4-3-5-17-9)14-11(16)7-13-10(15)6-12;/h3-5,8H,2,6-7,12H2,1H3,(H,13,15)(H,14,16);1H. The molecule has 0 aromatic carbocycles. The van der Waals surface area contributed by atoms with Crippen molar-refractivity contribution in [3.05, 3.63) is 22.4 Å². The Morgan fingerprint density at radius 2 is 2.17 bits per heavy atom. The average molecular weight is 292 g/mol. The Hall–Kier alpha value is -1.11. The van der Waals surface area contributed by atoms with Gasteiger partial charge in [-0.2, -0.15) is 0 Å².